The molecule has 2 rings (SSSR count). The van der Waals surface area contributed by atoms with Crippen molar-refractivity contribution in [1.82, 2.24) is 4.90 Å². The highest BCUT2D eigenvalue weighted by molar-refractivity contribution is 4.92. The lowest BCUT2D eigenvalue weighted by Gasteiger charge is -2.40. The van der Waals surface area contributed by atoms with Crippen LogP contribution in [-0.2, 0) is 4.74 Å². The van der Waals surface area contributed by atoms with Gasteiger partial charge >= 0.3 is 0 Å². The Kier molecular flexibility index (Phi) is 4.20. The number of ether oxygens (including phenoxy) is 1. The highest BCUT2D eigenvalue weighted by Gasteiger charge is 2.29. The lowest BCUT2D eigenvalue weighted by molar-refractivity contribution is -0.0273. The first-order valence-electron chi connectivity index (χ1n) is 6.58. The predicted octanol–water partition coefficient (Wildman–Crippen LogP) is 2.18. The van der Waals surface area contributed by atoms with Crippen LogP contribution in [0.1, 0.15) is 39.0 Å². The molecule has 1 aliphatic carbocycles. The van der Waals surface area contributed by atoms with E-state index in [2.05, 4.69) is 17.9 Å². The second-order valence-corrected chi connectivity index (χ2v) is 5.08. The average Bonchev–Trinajstić information content (AvgIpc) is 2.39. The van der Waals surface area contributed by atoms with Gasteiger partial charge in [-0.25, -0.2) is 0 Å². The minimum Gasteiger partial charge on any atom is -0.361 e. The summed E-state index contributed by atoms with van der Waals surface area (Å²) in [4.78, 5) is 2.49. The van der Waals surface area contributed by atoms with Gasteiger partial charge in [0.15, 0.2) is 6.10 Å². The zero-order valence-corrected chi connectivity index (χ0v) is 10.2. The molecule has 0 spiro atoms. The quantitative estimate of drug-likeness (QED) is 0.718. The Hall–Kier alpha value is -0.590. The van der Waals surface area contributed by atoms with Crippen LogP contribution in [0.25, 0.3) is 0 Å². The highest BCUT2D eigenvalue weighted by Crippen LogP contribution is 2.30. The summed E-state index contributed by atoms with van der Waals surface area (Å²) in [5.74, 6) is 0.905. The fourth-order valence-corrected chi connectivity index (χ4v) is 3.04. The van der Waals surface area contributed by atoms with Crippen LogP contribution in [0.5, 0.6) is 0 Å². The zero-order valence-electron chi connectivity index (χ0n) is 10.2. The van der Waals surface area contributed by atoms with Crippen LogP contribution in [0.2, 0.25) is 0 Å². The summed E-state index contributed by atoms with van der Waals surface area (Å²) in [5.41, 5.74) is 0. The van der Waals surface area contributed by atoms with E-state index in [-0.39, 0.29) is 6.10 Å². The Morgan fingerprint density at radius 2 is 2.31 bits per heavy atom. The lowest BCUT2D eigenvalue weighted by Crippen LogP contribution is -2.48. The molecule has 0 aromatic heterocycles. The molecule has 0 aromatic rings. The van der Waals surface area contributed by atoms with Gasteiger partial charge in [-0.2, -0.15) is 5.26 Å². The molecule has 1 saturated heterocycles. The van der Waals surface area contributed by atoms with E-state index in [4.69, 9.17) is 10.00 Å². The summed E-state index contributed by atoms with van der Waals surface area (Å²) in [7, 11) is 0. The predicted molar refractivity (Wildman–Crippen MR) is 63.0 cm³/mol. The fourth-order valence-electron chi connectivity index (χ4n) is 3.04. The van der Waals surface area contributed by atoms with Crippen LogP contribution in [0, 0.1) is 17.2 Å². The second kappa shape index (κ2) is 5.65. The first-order valence-corrected chi connectivity index (χ1v) is 6.58. The van der Waals surface area contributed by atoms with Gasteiger partial charge in [0.25, 0.3) is 0 Å². The van der Waals surface area contributed by atoms with Crippen molar-refractivity contribution in [2.75, 3.05) is 19.7 Å². The second-order valence-electron chi connectivity index (χ2n) is 5.08. The van der Waals surface area contributed by atoms with Crippen molar-refractivity contribution >= 4 is 0 Å². The van der Waals surface area contributed by atoms with Crippen LogP contribution < -0.4 is 0 Å². The van der Waals surface area contributed by atoms with Gasteiger partial charge in [-0.1, -0.05) is 26.2 Å². The monoisotopic (exact) mass is 222 g/mol. The minimum atomic E-state index is -0.198. The molecule has 90 valence electrons. The normalized spacial score (nSPS) is 36.9. The lowest BCUT2D eigenvalue weighted by atomic mass is 9.83. The van der Waals surface area contributed by atoms with Crippen molar-refractivity contribution in [1.29, 1.82) is 5.26 Å². The molecule has 1 heterocycles. The summed E-state index contributed by atoms with van der Waals surface area (Å²) in [6.07, 6.45) is 6.51. The molecule has 1 saturated carbocycles. The van der Waals surface area contributed by atoms with Crippen molar-refractivity contribution < 1.29 is 4.74 Å². The van der Waals surface area contributed by atoms with Crippen LogP contribution in [0.15, 0.2) is 0 Å². The molecule has 0 N–H and O–H groups in total. The third-order valence-corrected chi connectivity index (χ3v) is 4.09. The van der Waals surface area contributed by atoms with Crippen LogP contribution >= 0.6 is 0 Å². The molecular formula is C13H22N2O. The van der Waals surface area contributed by atoms with Crippen molar-refractivity contribution in [2.24, 2.45) is 5.92 Å². The topological polar surface area (TPSA) is 36.3 Å². The number of hydrogen-bond acceptors (Lipinski definition) is 3. The van der Waals surface area contributed by atoms with E-state index in [0.29, 0.717) is 6.04 Å². The van der Waals surface area contributed by atoms with E-state index in [1.807, 2.05) is 0 Å². The number of rotatable bonds is 2. The molecule has 2 fully saturated rings. The van der Waals surface area contributed by atoms with Crippen molar-refractivity contribution in [3.63, 3.8) is 0 Å². The summed E-state index contributed by atoms with van der Waals surface area (Å²) >= 11 is 0. The van der Waals surface area contributed by atoms with Crippen molar-refractivity contribution in [3.05, 3.63) is 0 Å². The van der Waals surface area contributed by atoms with E-state index in [1.54, 1.807) is 0 Å². The summed E-state index contributed by atoms with van der Waals surface area (Å²) in [5, 5.41) is 8.90. The highest BCUT2D eigenvalue weighted by atomic mass is 16.5. The van der Waals surface area contributed by atoms with Gasteiger partial charge in [0.1, 0.15) is 0 Å². The maximum absolute atomic E-state index is 8.90. The third-order valence-electron chi connectivity index (χ3n) is 4.09. The first-order chi connectivity index (χ1) is 7.83. The van der Waals surface area contributed by atoms with E-state index < -0.39 is 0 Å². The van der Waals surface area contributed by atoms with Gasteiger partial charge in [0.2, 0.25) is 0 Å². The Balaban J connectivity index is 1.88. The zero-order chi connectivity index (χ0) is 11.4. The smallest absolute Gasteiger partial charge is 0.156 e. The largest absolute Gasteiger partial charge is 0.361 e. The van der Waals surface area contributed by atoms with E-state index in [9.17, 15) is 0 Å². The minimum absolute atomic E-state index is 0.198. The number of hydrogen-bond donors (Lipinski definition) is 0. The van der Waals surface area contributed by atoms with Gasteiger partial charge in [0.05, 0.1) is 12.7 Å². The Morgan fingerprint density at radius 3 is 3.06 bits per heavy atom. The Labute approximate surface area is 98.4 Å². The maximum Gasteiger partial charge on any atom is 0.156 e. The maximum atomic E-state index is 8.90. The van der Waals surface area contributed by atoms with E-state index >= 15 is 0 Å². The number of nitrogens with zero attached hydrogens (tertiary/aromatic N) is 2. The molecule has 16 heavy (non-hydrogen) atoms. The van der Waals surface area contributed by atoms with E-state index in [0.717, 1.165) is 25.6 Å². The molecule has 3 unspecified atom stereocenters. The molecule has 3 nitrogen and oxygen atoms in total. The Bertz CT molecular complexity index is 261. The molecule has 2 aliphatic rings. The number of nitriles is 1. The van der Waals surface area contributed by atoms with Gasteiger partial charge in [0, 0.05) is 19.1 Å². The van der Waals surface area contributed by atoms with Gasteiger partial charge in [-0.3, -0.25) is 4.90 Å². The molecular weight excluding hydrogens is 200 g/mol. The SMILES string of the molecule is CCC1CCCC(N2CCOC(C#N)C2)C1. The molecule has 3 heteroatoms. The van der Waals surface area contributed by atoms with Gasteiger partial charge in [-0.15, -0.1) is 0 Å². The molecule has 0 amide bonds. The summed E-state index contributed by atoms with van der Waals surface area (Å²) < 4.78 is 5.40. The van der Waals surface area contributed by atoms with Gasteiger partial charge in [-0.05, 0) is 18.8 Å². The molecule has 1 aliphatic heterocycles. The fraction of sp³-hybridized carbons (Fsp3) is 0.923. The Morgan fingerprint density at radius 1 is 1.44 bits per heavy atom. The summed E-state index contributed by atoms with van der Waals surface area (Å²) in [6.45, 7) is 4.85. The van der Waals surface area contributed by atoms with Crippen molar-refractivity contribution in [2.45, 2.75) is 51.2 Å². The summed E-state index contributed by atoms with van der Waals surface area (Å²) in [6, 6.07) is 2.94. The first kappa shape index (κ1) is 11.9. The average molecular weight is 222 g/mol. The molecule has 0 radical (unpaired) electrons. The molecule has 0 bridgehead atoms. The molecule has 0 aromatic carbocycles. The van der Waals surface area contributed by atoms with E-state index in [1.165, 1.54) is 32.1 Å². The third kappa shape index (κ3) is 2.75. The van der Waals surface area contributed by atoms with Crippen LogP contribution in [0.4, 0.5) is 0 Å². The number of morpholine rings is 1. The standard InChI is InChI=1S/C13H22N2O/c1-2-11-4-3-5-12(8-11)15-6-7-16-13(9-14)10-15/h11-13H,2-8,10H2,1H3. The molecule has 3 atom stereocenters. The van der Waals surface area contributed by atoms with Crippen molar-refractivity contribution in [3.8, 4) is 6.07 Å². The van der Waals surface area contributed by atoms with Crippen LogP contribution in [0.3, 0.4) is 0 Å². The van der Waals surface area contributed by atoms with Gasteiger partial charge < -0.3 is 4.74 Å². The van der Waals surface area contributed by atoms with Crippen LogP contribution in [-0.4, -0.2) is 36.7 Å².